The Kier molecular flexibility index (Phi) is 6.94. The molecule has 1 unspecified atom stereocenters. The summed E-state index contributed by atoms with van der Waals surface area (Å²) >= 11 is 0. The van der Waals surface area contributed by atoms with E-state index in [9.17, 15) is 13.2 Å². The van der Waals surface area contributed by atoms with E-state index in [0.29, 0.717) is 0 Å². The van der Waals surface area contributed by atoms with Gasteiger partial charge >= 0.3 is 5.97 Å². The molecule has 0 radical (unpaired) electrons. The van der Waals surface area contributed by atoms with E-state index in [4.69, 9.17) is 14.7 Å². The predicted molar refractivity (Wildman–Crippen MR) is 96.8 cm³/mol. The van der Waals surface area contributed by atoms with Gasteiger partial charge in [-0.25, -0.2) is 8.42 Å². The van der Waals surface area contributed by atoms with Crippen molar-refractivity contribution in [1.29, 1.82) is 5.26 Å². The van der Waals surface area contributed by atoms with Crippen molar-refractivity contribution >= 4 is 16.0 Å². The number of nitrogens with zero attached hydrogens (tertiary/aromatic N) is 1. The van der Waals surface area contributed by atoms with Crippen LogP contribution in [0, 0.1) is 11.3 Å². The average molecular weight is 382 g/mol. The van der Waals surface area contributed by atoms with Crippen LogP contribution in [-0.2, 0) is 24.3 Å². The van der Waals surface area contributed by atoms with Crippen LogP contribution in [-0.4, -0.2) is 38.2 Å². The van der Waals surface area contributed by atoms with Crippen LogP contribution in [0.5, 0.6) is 0 Å². The predicted octanol–water partition coefficient (Wildman–Crippen LogP) is 2.36. The van der Waals surface area contributed by atoms with Crippen molar-refractivity contribution in [2.24, 2.45) is 0 Å². The van der Waals surface area contributed by atoms with Crippen molar-refractivity contribution in [2.75, 3.05) is 6.61 Å². The number of carbonyl (C=O) groups excluding carboxylic acids is 1. The van der Waals surface area contributed by atoms with Gasteiger partial charge in [0.1, 0.15) is 17.7 Å². The molecule has 0 amide bonds. The van der Waals surface area contributed by atoms with Gasteiger partial charge in [-0.2, -0.15) is 9.98 Å². The molecule has 1 rings (SSSR count). The fourth-order valence-electron chi connectivity index (χ4n) is 1.90. The summed E-state index contributed by atoms with van der Waals surface area (Å²) in [6, 6.07) is 6.35. The summed E-state index contributed by atoms with van der Waals surface area (Å²) in [5.41, 5.74) is -1.37. The third-order valence-electron chi connectivity index (χ3n) is 2.97. The Morgan fingerprint density at radius 2 is 1.73 bits per heavy atom. The molecular weight excluding hydrogens is 356 g/mol. The molecule has 0 aromatic heterocycles. The standard InChI is InChI=1S/C18H26N2O5S/c1-17(2,3)24-12-14(16(21)25-18(4,5)6)20-26(22,23)15-10-8-7-9-13(15)11-19/h7-10,14,20H,12H2,1-6H3. The molecule has 0 aliphatic heterocycles. The summed E-state index contributed by atoms with van der Waals surface area (Å²) in [5.74, 6) is -0.750. The molecule has 1 aromatic rings. The van der Waals surface area contributed by atoms with Gasteiger partial charge < -0.3 is 9.47 Å². The number of hydrogen-bond donors (Lipinski definition) is 1. The van der Waals surface area contributed by atoms with Gasteiger partial charge in [-0.3, -0.25) is 4.79 Å². The largest absolute Gasteiger partial charge is 0.459 e. The molecule has 1 atom stereocenters. The van der Waals surface area contributed by atoms with E-state index in [0.717, 1.165) is 0 Å². The molecule has 1 N–H and O–H groups in total. The van der Waals surface area contributed by atoms with Gasteiger partial charge in [-0.05, 0) is 53.7 Å². The van der Waals surface area contributed by atoms with Crippen LogP contribution in [0.25, 0.3) is 0 Å². The highest BCUT2D eigenvalue weighted by Crippen LogP contribution is 2.17. The lowest BCUT2D eigenvalue weighted by Crippen LogP contribution is -2.48. The van der Waals surface area contributed by atoms with E-state index < -0.39 is 33.2 Å². The summed E-state index contributed by atoms with van der Waals surface area (Å²) in [6.45, 7) is 10.2. The maximum absolute atomic E-state index is 12.7. The zero-order valence-electron chi connectivity index (χ0n) is 16.0. The minimum Gasteiger partial charge on any atom is -0.459 e. The van der Waals surface area contributed by atoms with E-state index in [2.05, 4.69) is 4.72 Å². The molecule has 0 aliphatic carbocycles. The van der Waals surface area contributed by atoms with Crippen LogP contribution in [0.1, 0.15) is 47.1 Å². The first-order valence-corrected chi connectivity index (χ1v) is 9.62. The van der Waals surface area contributed by atoms with Crippen LogP contribution < -0.4 is 4.72 Å². The fourth-order valence-corrected chi connectivity index (χ4v) is 3.23. The lowest BCUT2D eigenvalue weighted by atomic mass is 10.2. The lowest BCUT2D eigenvalue weighted by molar-refractivity contribution is -0.159. The van der Waals surface area contributed by atoms with Crippen LogP contribution in [0.15, 0.2) is 29.2 Å². The summed E-state index contributed by atoms with van der Waals surface area (Å²) in [4.78, 5) is 12.2. The Labute approximate surface area is 155 Å². The highest BCUT2D eigenvalue weighted by Gasteiger charge is 2.32. The third kappa shape index (κ3) is 7.12. The number of benzene rings is 1. The Hall–Kier alpha value is -1.95. The van der Waals surface area contributed by atoms with Crippen molar-refractivity contribution in [1.82, 2.24) is 4.72 Å². The van der Waals surface area contributed by atoms with Gasteiger partial charge in [0.25, 0.3) is 0 Å². The van der Waals surface area contributed by atoms with Crippen LogP contribution in [0.3, 0.4) is 0 Å². The van der Waals surface area contributed by atoms with Crippen molar-refractivity contribution < 1.29 is 22.7 Å². The normalized spacial score (nSPS) is 13.7. The number of nitrogens with one attached hydrogen (secondary N) is 1. The summed E-state index contributed by atoms with van der Waals surface area (Å²) in [6.07, 6.45) is 0. The average Bonchev–Trinajstić information content (AvgIpc) is 2.48. The molecular formula is C18H26N2O5S. The first kappa shape index (κ1) is 22.1. The molecule has 0 saturated heterocycles. The number of carbonyl (C=O) groups is 1. The molecule has 0 aliphatic rings. The third-order valence-corrected chi connectivity index (χ3v) is 4.50. The van der Waals surface area contributed by atoms with Gasteiger partial charge in [-0.1, -0.05) is 12.1 Å². The van der Waals surface area contributed by atoms with Gasteiger partial charge in [-0.15, -0.1) is 0 Å². The number of nitriles is 1. The second-order valence-electron chi connectivity index (χ2n) is 7.74. The molecule has 0 heterocycles. The van der Waals surface area contributed by atoms with Crippen LogP contribution in [0.4, 0.5) is 0 Å². The molecule has 0 fully saturated rings. The van der Waals surface area contributed by atoms with Crippen molar-refractivity contribution in [2.45, 2.75) is 63.7 Å². The summed E-state index contributed by atoms with van der Waals surface area (Å²) in [5, 5.41) is 9.13. The molecule has 7 nitrogen and oxygen atoms in total. The van der Waals surface area contributed by atoms with Gasteiger partial charge in [0, 0.05) is 0 Å². The molecule has 0 saturated carbocycles. The van der Waals surface area contributed by atoms with E-state index in [1.54, 1.807) is 47.6 Å². The van der Waals surface area contributed by atoms with Crippen molar-refractivity contribution in [3.63, 3.8) is 0 Å². The quantitative estimate of drug-likeness (QED) is 0.757. The molecule has 0 spiro atoms. The minimum absolute atomic E-state index is 0.0142. The maximum Gasteiger partial charge on any atom is 0.327 e. The Morgan fingerprint density at radius 1 is 1.15 bits per heavy atom. The zero-order valence-corrected chi connectivity index (χ0v) is 16.8. The van der Waals surface area contributed by atoms with E-state index >= 15 is 0 Å². The van der Waals surface area contributed by atoms with Crippen molar-refractivity contribution in [3.05, 3.63) is 29.8 Å². The number of hydrogen-bond acceptors (Lipinski definition) is 6. The summed E-state index contributed by atoms with van der Waals surface area (Å²) < 4.78 is 38.5. The molecule has 8 heteroatoms. The van der Waals surface area contributed by atoms with Gasteiger partial charge in [0.15, 0.2) is 0 Å². The fraction of sp³-hybridized carbons (Fsp3) is 0.556. The van der Waals surface area contributed by atoms with Crippen LogP contribution in [0.2, 0.25) is 0 Å². The zero-order chi connectivity index (χ0) is 20.2. The highest BCUT2D eigenvalue weighted by molar-refractivity contribution is 7.89. The topological polar surface area (TPSA) is 105 Å². The lowest BCUT2D eigenvalue weighted by Gasteiger charge is -2.27. The first-order valence-electron chi connectivity index (χ1n) is 8.13. The molecule has 26 heavy (non-hydrogen) atoms. The Bertz CT molecular complexity index is 783. The Morgan fingerprint density at radius 3 is 2.23 bits per heavy atom. The minimum atomic E-state index is -4.12. The number of esters is 1. The molecule has 1 aromatic carbocycles. The van der Waals surface area contributed by atoms with Gasteiger partial charge in [0.2, 0.25) is 10.0 Å². The van der Waals surface area contributed by atoms with Gasteiger partial charge in [0.05, 0.1) is 22.7 Å². The molecule has 0 bridgehead atoms. The summed E-state index contributed by atoms with van der Waals surface area (Å²) in [7, 11) is -4.12. The maximum atomic E-state index is 12.7. The first-order chi connectivity index (χ1) is 11.7. The second-order valence-corrected chi connectivity index (χ2v) is 9.42. The SMILES string of the molecule is CC(C)(C)OCC(NS(=O)(=O)c1ccccc1C#N)C(=O)OC(C)(C)C. The van der Waals surface area contributed by atoms with E-state index in [1.165, 1.54) is 18.2 Å². The number of rotatable bonds is 6. The van der Waals surface area contributed by atoms with E-state index in [-0.39, 0.29) is 17.1 Å². The van der Waals surface area contributed by atoms with E-state index in [1.807, 2.05) is 6.07 Å². The second kappa shape index (κ2) is 8.16. The monoisotopic (exact) mass is 382 g/mol. The highest BCUT2D eigenvalue weighted by atomic mass is 32.2. The number of ether oxygens (including phenoxy) is 2. The smallest absolute Gasteiger partial charge is 0.327 e. The van der Waals surface area contributed by atoms with Crippen LogP contribution >= 0.6 is 0 Å². The molecule has 144 valence electrons. The number of sulfonamides is 1. The Balaban J connectivity index is 3.14. The van der Waals surface area contributed by atoms with Crippen molar-refractivity contribution in [3.8, 4) is 6.07 Å².